The molecule has 0 aliphatic carbocycles. The number of nitrogens with one attached hydrogen (secondary N) is 1. The first-order valence-electron chi connectivity index (χ1n) is 8.66. The zero-order chi connectivity index (χ0) is 15.7. The zero-order valence-electron chi connectivity index (χ0n) is 14.7. The van der Waals surface area contributed by atoms with E-state index in [0.717, 1.165) is 13.0 Å². The van der Waals surface area contributed by atoms with Crippen LogP contribution in [-0.2, 0) is 6.42 Å². The van der Waals surface area contributed by atoms with Crippen LogP contribution >= 0.6 is 0 Å². The van der Waals surface area contributed by atoms with Gasteiger partial charge in [0.25, 0.3) is 0 Å². The third-order valence-electron chi connectivity index (χ3n) is 4.46. The van der Waals surface area contributed by atoms with Crippen molar-refractivity contribution in [3.8, 4) is 0 Å². The molecule has 2 heteroatoms. The van der Waals surface area contributed by atoms with Crippen molar-refractivity contribution in [2.24, 2.45) is 0 Å². The molecule has 0 heterocycles. The molecule has 2 atom stereocenters. The van der Waals surface area contributed by atoms with Gasteiger partial charge in [0.2, 0.25) is 0 Å². The topological polar surface area (TPSA) is 15.3 Å². The summed E-state index contributed by atoms with van der Waals surface area (Å²) in [6, 6.07) is 10.0. The molecule has 1 rings (SSSR count). The molecule has 0 fully saturated rings. The minimum atomic E-state index is 0.410. The summed E-state index contributed by atoms with van der Waals surface area (Å²) in [4.78, 5) is 2.50. The zero-order valence-corrected chi connectivity index (χ0v) is 14.7. The van der Waals surface area contributed by atoms with Gasteiger partial charge in [0, 0.05) is 12.1 Å². The van der Waals surface area contributed by atoms with Crippen LogP contribution in [0.1, 0.15) is 64.1 Å². The van der Waals surface area contributed by atoms with E-state index < -0.39 is 0 Å². The molecule has 0 saturated heterocycles. The number of benzene rings is 1. The van der Waals surface area contributed by atoms with Crippen LogP contribution in [0.4, 0.5) is 0 Å². The van der Waals surface area contributed by atoms with Crippen LogP contribution < -0.4 is 5.32 Å². The van der Waals surface area contributed by atoms with Gasteiger partial charge in [-0.15, -0.1) is 0 Å². The summed E-state index contributed by atoms with van der Waals surface area (Å²) in [5, 5.41) is 3.67. The summed E-state index contributed by atoms with van der Waals surface area (Å²) in [5.74, 6) is 0. The van der Waals surface area contributed by atoms with Crippen LogP contribution in [0, 0.1) is 0 Å². The maximum absolute atomic E-state index is 3.67. The van der Waals surface area contributed by atoms with Crippen molar-refractivity contribution >= 4 is 0 Å². The van der Waals surface area contributed by atoms with Gasteiger partial charge in [0.15, 0.2) is 0 Å². The fourth-order valence-corrected chi connectivity index (χ4v) is 2.82. The Labute approximate surface area is 131 Å². The van der Waals surface area contributed by atoms with Crippen molar-refractivity contribution in [1.82, 2.24) is 10.2 Å². The van der Waals surface area contributed by atoms with E-state index in [1.165, 1.54) is 36.9 Å². The van der Waals surface area contributed by atoms with E-state index in [-0.39, 0.29) is 0 Å². The van der Waals surface area contributed by atoms with Gasteiger partial charge in [-0.25, -0.2) is 0 Å². The molecular formula is C19H34N2. The maximum atomic E-state index is 3.67. The quantitative estimate of drug-likeness (QED) is 0.642. The number of hydrogen-bond acceptors (Lipinski definition) is 2. The molecule has 0 radical (unpaired) electrons. The third-order valence-corrected chi connectivity index (χ3v) is 4.46. The smallest absolute Gasteiger partial charge is 0.0475 e. The number of aryl methyl sites for hydroxylation is 1. The number of rotatable bonds is 10. The molecule has 1 aromatic carbocycles. The number of hydrogen-bond donors (Lipinski definition) is 1. The average Bonchev–Trinajstić information content (AvgIpc) is 2.52. The van der Waals surface area contributed by atoms with Gasteiger partial charge in [0.1, 0.15) is 0 Å². The Morgan fingerprint density at radius 2 is 1.71 bits per heavy atom. The van der Waals surface area contributed by atoms with Gasteiger partial charge in [-0.3, -0.25) is 0 Å². The lowest BCUT2D eigenvalue weighted by atomic mass is 9.97. The Balaban J connectivity index is 2.73. The summed E-state index contributed by atoms with van der Waals surface area (Å²) < 4.78 is 0. The highest BCUT2D eigenvalue weighted by Gasteiger charge is 2.21. The molecule has 0 amide bonds. The number of unbranched alkanes of at least 4 members (excludes halogenated alkanes) is 2. The van der Waals surface area contributed by atoms with E-state index in [0.29, 0.717) is 12.1 Å². The molecule has 120 valence electrons. The highest BCUT2D eigenvalue weighted by molar-refractivity contribution is 5.26. The van der Waals surface area contributed by atoms with Crippen molar-refractivity contribution in [2.45, 2.75) is 65.5 Å². The second-order valence-corrected chi connectivity index (χ2v) is 6.06. The molecule has 2 unspecified atom stereocenters. The molecule has 0 bridgehead atoms. The van der Waals surface area contributed by atoms with Gasteiger partial charge < -0.3 is 10.2 Å². The lowest BCUT2D eigenvalue weighted by Gasteiger charge is -2.33. The molecular weight excluding hydrogens is 256 g/mol. The van der Waals surface area contributed by atoms with Crippen LogP contribution in [0.15, 0.2) is 24.3 Å². The average molecular weight is 290 g/mol. The summed E-state index contributed by atoms with van der Waals surface area (Å²) in [6.45, 7) is 11.2. The predicted molar refractivity (Wildman–Crippen MR) is 93.9 cm³/mol. The Morgan fingerprint density at radius 3 is 2.24 bits per heavy atom. The Morgan fingerprint density at radius 1 is 1.05 bits per heavy atom. The molecule has 0 saturated carbocycles. The molecule has 21 heavy (non-hydrogen) atoms. The third kappa shape index (κ3) is 5.80. The van der Waals surface area contributed by atoms with Crippen molar-refractivity contribution < 1.29 is 0 Å². The van der Waals surface area contributed by atoms with Gasteiger partial charge in [-0.1, -0.05) is 57.9 Å². The first-order valence-corrected chi connectivity index (χ1v) is 8.66. The molecule has 1 N–H and O–H groups in total. The van der Waals surface area contributed by atoms with E-state index in [9.17, 15) is 0 Å². The lowest BCUT2D eigenvalue weighted by molar-refractivity contribution is 0.204. The van der Waals surface area contributed by atoms with E-state index in [1.54, 1.807) is 0 Å². The van der Waals surface area contributed by atoms with Crippen molar-refractivity contribution in [3.63, 3.8) is 0 Å². The van der Waals surface area contributed by atoms with Crippen LogP contribution in [-0.4, -0.2) is 31.1 Å². The lowest BCUT2D eigenvalue weighted by Crippen LogP contribution is -2.41. The Hall–Kier alpha value is -0.860. The van der Waals surface area contributed by atoms with E-state index in [2.05, 4.69) is 69.2 Å². The van der Waals surface area contributed by atoms with Crippen molar-refractivity contribution in [2.75, 3.05) is 20.1 Å². The highest BCUT2D eigenvalue weighted by atomic mass is 15.2. The molecule has 2 nitrogen and oxygen atoms in total. The van der Waals surface area contributed by atoms with Gasteiger partial charge in [-0.05, 0) is 51.0 Å². The predicted octanol–water partition coefficient (Wildman–Crippen LogP) is 4.41. The van der Waals surface area contributed by atoms with Crippen molar-refractivity contribution in [1.29, 1.82) is 0 Å². The SMILES string of the molecule is CCCCCN(C)C(C)C(NCC)c1ccc(CC)cc1. The number of nitrogens with zero attached hydrogens (tertiary/aromatic N) is 1. The molecule has 1 aromatic rings. The monoisotopic (exact) mass is 290 g/mol. The first kappa shape index (κ1) is 18.2. The summed E-state index contributed by atoms with van der Waals surface area (Å²) in [5.41, 5.74) is 2.82. The van der Waals surface area contributed by atoms with Crippen molar-refractivity contribution in [3.05, 3.63) is 35.4 Å². The Kier molecular flexibility index (Phi) is 8.63. The second kappa shape index (κ2) is 9.97. The van der Waals surface area contributed by atoms with E-state index >= 15 is 0 Å². The van der Waals surface area contributed by atoms with Gasteiger partial charge >= 0.3 is 0 Å². The van der Waals surface area contributed by atoms with Crippen LogP contribution in [0.5, 0.6) is 0 Å². The minimum absolute atomic E-state index is 0.410. The van der Waals surface area contributed by atoms with Gasteiger partial charge in [0.05, 0.1) is 0 Å². The molecule has 0 spiro atoms. The fourth-order valence-electron chi connectivity index (χ4n) is 2.82. The van der Waals surface area contributed by atoms with E-state index in [4.69, 9.17) is 0 Å². The summed E-state index contributed by atoms with van der Waals surface area (Å²) in [7, 11) is 2.26. The normalized spacial score (nSPS) is 14.4. The van der Waals surface area contributed by atoms with Crippen LogP contribution in [0.3, 0.4) is 0 Å². The number of likely N-dealkylation sites (N-methyl/N-ethyl adjacent to an activating group) is 2. The largest absolute Gasteiger partial charge is 0.309 e. The molecule has 0 aliphatic heterocycles. The summed E-state index contributed by atoms with van der Waals surface area (Å²) >= 11 is 0. The van der Waals surface area contributed by atoms with Crippen LogP contribution in [0.2, 0.25) is 0 Å². The van der Waals surface area contributed by atoms with Gasteiger partial charge in [-0.2, -0.15) is 0 Å². The molecule has 0 aliphatic rings. The standard InChI is InChI=1S/C19H34N2/c1-6-9-10-15-21(5)16(4)19(20-8-3)18-13-11-17(7-2)12-14-18/h11-14,16,19-20H,6-10,15H2,1-5H3. The highest BCUT2D eigenvalue weighted by Crippen LogP contribution is 2.21. The fraction of sp³-hybridized carbons (Fsp3) is 0.684. The maximum Gasteiger partial charge on any atom is 0.0475 e. The minimum Gasteiger partial charge on any atom is -0.309 e. The van der Waals surface area contributed by atoms with Crippen LogP contribution in [0.25, 0.3) is 0 Å². The Bertz CT molecular complexity index is 372. The van der Waals surface area contributed by atoms with E-state index in [1.807, 2.05) is 0 Å². The molecule has 0 aromatic heterocycles. The second-order valence-electron chi connectivity index (χ2n) is 6.06. The first-order chi connectivity index (χ1) is 10.1. The summed E-state index contributed by atoms with van der Waals surface area (Å²) in [6.07, 6.45) is 5.02.